The Labute approximate surface area is 221 Å². The van der Waals surface area contributed by atoms with E-state index in [1.807, 2.05) is 6.92 Å². The van der Waals surface area contributed by atoms with E-state index in [-0.39, 0.29) is 15.7 Å². The molecule has 12 heteroatoms. The van der Waals surface area contributed by atoms with Gasteiger partial charge in [0.1, 0.15) is 6.54 Å². The van der Waals surface area contributed by atoms with Crippen LogP contribution < -0.4 is 14.3 Å². The van der Waals surface area contributed by atoms with Crippen LogP contribution in [-0.4, -0.2) is 39.3 Å². The van der Waals surface area contributed by atoms with Gasteiger partial charge in [0.15, 0.2) is 0 Å². The second-order valence-corrected chi connectivity index (χ2v) is 11.9. The van der Waals surface area contributed by atoms with Gasteiger partial charge in [-0.15, -0.1) is 0 Å². The summed E-state index contributed by atoms with van der Waals surface area (Å²) in [5, 5.41) is 2.63. The Morgan fingerprint density at radius 2 is 1.45 bits per heavy atom. The lowest BCUT2D eigenvalue weighted by Crippen LogP contribution is -2.38. The van der Waals surface area contributed by atoms with Gasteiger partial charge in [0.25, 0.3) is 20.0 Å². The number of aromatic nitrogens is 2. The molecular formula is C26H25N5O5S2. The zero-order valence-corrected chi connectivity index (χ0v) is 22.2. The minimum atomic E-state index is -4.04. The molecule has 10 nitrogen and oxygen atoms in total. The molecule has 0 unspecified atom stereocenters. The summed E-state index contributed by atoms with van der Waals surface area (Å²) in [7, 11) is -8.00. The van der Waals surface area contributed by atoms with Crippen molar-refractivity contribution in [2.45, 2.75) is 23.6 Å². The molecule has 0 saturated carbocycles. The van der Waals surface area contributed by atoms with E-state index in [0.717, 1.165) is 9.87 Å². The van der Waals surface area contributed by atoms with Crippen LogP contribution >= 0.6 is 0 Å². The van der Waals surface area contributed by atoms with Gasteiger partial charge in [-0.3, -0.25) is 9.10 Å². The number of nitrogens with one attached hydrogen (secondary N) is 2. The molecule has 38 heavy (non-hydrogen) atoms. The van der Waals surface area contributed by atoms with E-state index in [2.05, 4.69) is 20.0 Å². The zero-order valence-electron chi connectivity index (χ0n) is 20.6. The molecule has 0 aliphatic heterocycles. The Morgan fingerprint density at radius 1 is 0.816 bits per heavy atom. The first-order chi connectivity index (χ1) is 18.0. The topological polar surface area (TPSA) is 138 Å². The zero-order chi connectivity index (χ0) is 27.3. The molecule has 0 spiro atoms. The summed E-state index contributed by atoms with van der Waals surface area (Å²) in [6.45, 7) is 3.07. The van der Waals surface area contributed by atoms with Crippen LogP contribution in [-0.2, 0) is 24.8 Å². The maximum Gasteiger partial charge on any atom is 0.264 e. The van der Waals surface area contributed by atoms with Crippen molar-refractivity contribution in [1.82, 2.24) is 9.97 Å². The molecule has 0 aliphatic carbocycles. The first-order valence-electron chi connectivity index (χ1n) is 11.4. The van der Waals surface area contributed by atoms with E-state index in [9.17, 15) is 21.6 Å². The van der Waals surface area contributed by atoms with Crippen molar-refractivity contribution in [2.75, 3.05) is 20.9 Å². The maximum atomic E-state index is 13.4. The molecule has 0 saturated heterocycles. The lowest BCUT2D eigenvalue weighted by atomic mass is 10.2. The predicted molar refractivity (Wildman–Crippen MR) is 145 cm³/mol. The fourth-order valence-electron chi connectivity index (χ4n) is 3.47. The molecule has 3 aromatic carbocycles. The summed E-state index contributed by atoms with van der Waals surface area (Å²) in [5.41, 5.74) is 2.13. The van der Waals surface area contributed by atoms with Gasteiger partial charge in [-0.25, -0.2) is 31.5 Å². The second-order valence-electron chi connectivity index (χ2n) is 8.36. The van der Waals surface area contributed by atoms with Crippen molar-refractivity contribution < 1.29 is 21.6 Å². The number of hydrogen-bond acceptors (Lipinski definition) is 7. The van der Waals surface area contributed by atoms with Gasteiger partial charge in [-0.05, 0) is 68.4 Å². The SMILES string of the molecule is Cc1ccc(S(=O)(=O)N(CC(=O)Nc2ccc(S(=O)(=O)Nc3nccc(C)n3)cc2)c2ccccc2)cc1. The molecule has 4 aromatic rings. The summed E-state index contributed by atoms with van der Waals surface area (Å²) in [5.74, 6) is -0.662. The van der Waals surface area contributed by atoms with Crippen LogP contribution in [0.1, 0.15) is 11.3 Å². The summed E-state index contributed by atoms with van der Waals surface area (Å²) in [6, 6.07) is 21.7. The van der Waals surface area contributed by atoms with Crippen LogP contribution in [0.25, 0.3) is 0 Å². The number of benzene rings is 3. The number of rotatable bonds is 9. The molecule has 2 N–H and O–H groups in total. The highest BCUT2D eigenvalue weighted by Gasteiger charge is 2.27. The monoisotopic (exact) mass is 551 g/mol. The Bertz CT molecular complexity index is 1640. The van der Waals surface area contributed by atoms with Crippen LogP contribution in [0.15, 0.2) is 101 Å². The molecule has 1 aromatic heterocycles. The summed E-state index contributed by atoms with van der Waals surface area (Å²) in [6.07, 6.45) is 1.44. The molecular weight excluding hydrogens is 526 g/mol. The normalized spacial score (nSPS) is 11.5. The molecule has 196 valence electrons. The highest BCUT2D eigenvalue weighted by atomic mass is 32.2. The lowest BCUT2D eigenvalue weighted by molar-refractivity contribution is -0.114. The van der Waals surface area contributed by atoms with Crippen molar-refractivity contribution in [3.63, 3.8) is 0 Å². The van der Waals surface area contributed by atoms with Gasteiger partial charge < -0.3 is 5.32 Å². The summed E-state index contributed by atoms with van der Waals surface area (Å²) in [4.78, 5) is 20.8. The number of amides is 1. The van der Waals surface area contributed by atoms with E-state index < -0.39 is 32.5 Å². The first kappa shape index (κ1) is 26.8. The van der Waals surface area contributed by atoms with E-state index in [4.69, 9.17) is 0 Å². The molecule has 4 rings (SSSR count). The van der Waals surface area contributed by atoms with Crippen molar-refractivity contribution in [2.24, 2.45) is 0 Å². The number of carbonyl (C=O) groups excluding carboxylic acids is 1. The molecule has 0 bridgehead atoms. The van der Waals surface area contributed by atoms with Crippen LogP contribution in [0.3, 0.4) is 0 Å². The number of anilines is 3. The first-order valence-corrected chi connectivity index (χ1v) is 14.3. The van der Waals surface area contributed by atoms with E-state index in [1.54, 1.807) is 55.5 Å². The average molecular weight is 552 g/mol. The summed E-state index contributed by atoms with van der Waals surface area (Å²) < 4.78 is 55.5. The molecule has 0 aliphatic rings. The Kier molecular flexibility index (Phi) is 7.74. The van der Waals surface area contributed by atoms with E-state index in [0.29, 0.717) is 17.1 Å². The van der Waals surface area contributed by atoms with Crippen LogP contribution in [0.5, 0.6) is 0 Å². The number of sulfonamides is 2. The molecule has 0 fully saturated rings. The largest absolute Gasteiger partial charge is 0.325 e. The van der Waals surface area contributed by atoms with Crippen molar-refractivity contribution in [1.29, 1.82) is 0 Å². The number of aryl methyl sites for hydroxylation is 2. The van der Waals surface area contributed by atoms with Crippen molar-refractivity contribution in [3.05, 3.63) is 102 Å². The third-order valence-electron chi connectivity index (χ3n) is 5.41. The van der Waals surface area contributed by atoms with Crippen molar-refractivity contribution in [3.8, 4) is 0 Å². The Hall–Kier alpha value is -4.29. The van der Waals surface area contributed by atoms with Gasteiger partial charge in [0.05, 0.1) is 15.5 Å². The Morgan fingerprint density at radius 3 is 2.08 bits per heavy atom. The standard InChI is InChI=1S/C26H25N5O5S2/c1-19-8-12-24(13-9-19)38(35,36)31(22-6-4-3-5-7-22)18-25(32)29-21-10-14-23(15-11-21)37(33,34)30-26-27-17-16-20(2)28-26/h3-17H,18H2,1-2H3,(H,29,32)(H,27,28,30). The van der Waals surface area contributed by atoms with Gasteiger partial charge in [-0.1, -0.05) is 35.9 Å². The predicted octanol–water partition coefficient (Wildman–Crippen LogP) is 3.73. The minimum absolute atomic E-state index is 0.0550. The molecule has 0 atom stereocenters. The second kappa shape index (κ2) is 11.0. The number of para-hydroxylation sites is 1. The third kappa shape index (κ3) is 6.33. The minimum Gasteiger partial charge on any atom is -0.325 e. The quantitative estimate of drug-likeness (QED) is 0.323. The highest BCUT2D eigenvalue weighted by Crippen LogP contribution is 2.24. The number of carbonyl (C=O) groups is 1. The van der Waals surface area contributed by atoms with Gasteiger partial charge in [0, 0.05) is 17.6 Å². The highest BCUT2D eigenvalue weighted by molar-refractivity contribution is 7.93. The van der Waals surface area contributed by atoms with Gasteiger partial charge in [-0.2, -0.15) is 0 Å². The fraction of sp³-hybridized carbons (Fsp3) is 0.115. The van der Waals surface area contributed by atoms with E-state index >= 15 is 0 Å². The van der Waals surface area contributed by atoms with Crippen LogP contribution in [0.4, 0.5) is 17.3 Å². The smallest absolute Gasteiger partial charge is 0.264 e. The molecule has 0 radical (unpaired) electrons. The number of hydrogen-bond donors (Lipinski definition) is 2. The van der Waals surface area contributed by atoms with E-state index in [1.165, 1.54) is 42.6 Å². The number of nitrogens with zero attached hydrogens (tertiary/aromatic N) is 3. The molecule has 1 heterocycles. The van der Waals surface area contributed by atoms with Crippen LogP contribution in [0.2, 0.25) is 0 Å². The van der Waals surface area contributed by atoms with Gasteiger partial charge >= 0.3 is 0 Å². The fourth-order valence-corrected chi connectivity index (χ4v) is 5.84. The maximum absolute atomic E-state index is 13.4. The van der Waals surface area contributed by atoms with Crippen molar-refractivity contribution >= 4 is 43.3 Å². The summed E-state index contributed by atoms with van der Waals surface area (Å²) >= 11 is 0. The lowest BCUT2D eigenvalue weighted by Gasteiger charge is -2.24. The Balaban J connectivity index is 1.51. The van der Waals surface area contributed by atoms with Gasteiger partial charge in [0.2, 0.25) is 11.9 Å². The molecule has 1 amide bonds. The van der Waals surface area contributed by atoms with Crippen LogP contribution in [0, 0.1) is 13.8 Å². The third-order valence-corrected chi connectivity index (χ3v) is 8.54. The average Bonchev–Trinajstić information content (AvgIpc) is 2.88.